The molecule has 0 atom stereocenters. The quantitative estimate of drug-likeness (QED) is 0.503. The molecule has 4 N–H and O–H groups in total. The molecule has 0 fully saturated rings. The molecule has 7 heteroatoms. The number of anilines is 2. The van der Waals surface area contributed by atoms with E-state index < -0.39 is 10.0 Å². The molecular weight excluding hydrogens is 282 g/mol. The van der Waals surface area contributed by atoms with Gasteiger partial charge in [-0.2, -0.15) is 11.8 Å². The number of nitrogens with one attached hydrogen (secondary N) is 2. The third-order valence-corrected chi connectivity index (χ3v) is 4.81. The molecule has 0 amide bonds. The lowest BCUT2D eigenvalue weighted by Gasteiger charge is -2.12. The van der Waals surface area contributed by atoms with Gasteiger partial charge in [-0.1, -0.05) is 0 Å². The van der Waals surface area contributed by atoms with Crippen LogP contribution in [0.1, 0.15) is 12.8 Å². The summed E-state index contributed by atoms with van der Waals surface area (Å²) < 4.78 is 26.1. The van der Waals surface area contributed by atoms with Gasteiger partial charge in [-0.3, -0.25) is 0 Å². The normalized spacial score (nSPS) is 11.5. The smallest absolute Gasteiger partial charge is 0.242 e. The Morgan fingerprint density at radius 1 is 1.32 bits per heavy atom. The Hall–Kier alpha value is -0.920. The lowest BCUT2D eigenvalue weighted by molar-refractivity contribution is 0.588. The maximum absolute atomic E-state index is 11.9. The molecular formula is C12H21N3O2S2. The van der Waals surface area contributed by atoms with Crippen molar-refractivity contribution in [3.05, 3.63) is 18.2 Å². The minimum Gasteiger partial charge on any atom is -0.399 e. The number of benzene rings is 1. The lowest BCUT2D eigenvalue weighted by atomic mass is 10.2. The number of hydrogen-bond acceptors (Lipinski definition) is 5. The zero-order valence-electron chi connectivity index (χ0n) is 11.3. The molecule has 0 aliphatic carbocycles. The van der Waals surface area contributed by atoms with E-state index in [-0.39, 0.29) is 4.90 Å². The molecule has 19 heavy (non-hydrogen) atoms. The Kier molecular flexibility index (Phi) is 6.47. The summed E-state index contributed by atoms with van der Waals surface area (Å²) in [5.41, 5.74) is 6.67. The van der Waals surface area contributed by atoms with Crippen molar-refractivity contribution < 1.29 is 8.42 Å². The summed E-state index contributed by atoms with van der Waals surface area (Å²) in [7, 11) is -2.11. The van der Waals surface area contributed by atoms with E-state index in [2.05, 4.69) is 16.3 Å². The van der Waals surface area contributed by atoms with Crippen molar-refractivity contribution in [3.63, 3.8) is 0 Å². The van der Waals surface area contributed by atoms with Gasteiger partial charge >= 0.3 is 0 Å². The standard InChI is InChI=1S/C12H21N3O2S2/c1-14-19(16,17)12-9-10(13)5-6-11(12)15-7-3-4-8-18-2/h5-6,9,14-15H,3-4,7-8,13H2,1-2H3. The van der Waals surface area contributed by atoms with Crippen LogP contribution in [-0.4, -0.2) is 34.0 Å². The highest BCUT2D eigenvalue weighted by atomic mass is 32.2. The minimum absolute atomic E-state index is 0.194. The Bertz CT molecular complexity index is 504. The van der Waals surface area contributed by atoms with Gasteiger partial charge in [0.15, 0.2) is 0 Å². The molecule has 0 bridgehead atoms. The van der Waals surface area contributed by atoms with Crippen LogP contribution in [0.3, 0.4) is 0 Å². The average Bonchev–Trinajstić information content (AvgIpc) is 2.40. The third-order valence-electron chi connectivity index (χ3n) is 2.65. The second-order valence-electron chi connectivity index (χ2n) is 4.09. The predicted octanol–water partition coefficient (Wildman–Crippen LogP) is 1.73. The number of hydrogen-bond donors (Lipinski definition) is 3. The van der Waals surface area contributed by atoms with E-state index in [0.717, 1.165) is 25.1 Å². The van der Waals surface area contributed by atoms with E-state index in [0.29, 0.717) is 11.4 Å². The van der Waals surface area contributed by atoms with E-state index >= 15 is 0 Å². The van der Waals surface area contributed by atoms with Crippen LogP contribution in [0.25, 0.3) is 0 Å². The molecule has 0 radical (unpaired) electrons. The summed E-state index contributed by atoms with van der Waals surface area (Å²) in [6.07, 6.45) is 4.19. The lowest BCUT2D eigenvalue weighted by Crippen LogP contribution is -2.20. The summed E-state index contributed by atoms with van der Waals surface area (Å²) in [5.74, 6) is 1.12. The molecule has 0 heterocycles. The summed E-state index contributed by atoms with van der Waals surface area (Å²) in [6, 6.07) is 4.86. The molecule has 0 saturated carbocycles. The Labute approximate surface area is 119 Å². The fourth-order valence-corrected chi connectivity index (χ4v) is 3.05. The topological polar surface area (TPSA) is 84.2 Å². The summed E-state index contributed by atoms with van der Waals surface area (Å²) >= 11 is 1.81. The van der Waals surface area contributed by atoms with Crippen molar-refractivity contribution >= 4 is 33.2 Å². The molecule has 0 spiro atoms. The highest BCUT2D eigenvalue weighted by molar-refractivity contribution is 7.98. The van der Waals surface area contributed by atoms with E-state index in [1.807, 2.05) is 11.8 Å². The maximum Gasteiger partial charge on any atom is 0.242 e. The van der Waals surface area contributed by atoms with Crippen LogP contribution in [0.5, 0.6) is 0 Å². The van der Waals surface area contributed by atoms with Gasteiger partial charge in [-0.15, -0.1) is 0 Å². The average molecular weight is 303 g/mol. The first kappa shape index (κ1) is 16.1. The van der Waals surface area contributed by atoms with Gasteiger partial charge in [0, 0.05) is 12.2 Å². The Balaban J connectivity index is 2.78. The van der Waals surface area contributed by atoms with Gasteiger partial charge in [0.05, 0.1) is 5.69 Å². The van der Waals surface area contributed by atoms with Crippen molar-refractivity contribution in [2.24, 2.45) is 0 Å². The molecule has 0 aliphatic heterocycles. The van der Waals surface area contributed by atoms with Crippen molar-refractivity contribution in [3.8, 4) is 0 Å². The summed E-state index contributed by atoms with van der Waals surface area (Å²) in [6.45, 7) is 0.747. The molecule has 0 unspecified atom stereocenters. The van der Waals surface area contributed by atoms with Crippen molar-refractivity contribution in [1.82, 2.24) is 4.72 Å². The SMILES string of the molecule is CNS(=O)(=O)c1cc(N)ccc1NCCCCSC. The summed E-state index contributed by atoms with van der Waals surface area (Å²) in [4.78, 5) is 0.194. The number of unbranched alkanes of at least 4 members (excludes halogenated alkanes) is 1. The fraction of sp³-hybridized carbons (Fsp3) is 0.500. The number of nitrogens with two attached hydrogens (primary N) is 1. The summed E-state index contributed by atoms with van der Waals surface area (Å²) in [5, 5.41) is 3.16. The van der Waals surface area contributed by atoms with E-state index in [1.165, 1.54) is 13.1 Å². The molecule has 0 saturated heterocycles. The largest absolute Gasteiger partial charge is 0.399 e. The van der Waals surface area contributed by atoms with Crippen LogP contribution < -0.4 is 15.8 Å². The van der Waals surface area contributed by atoms with Gasteiger partial charge in [0.2, 0.25) is 10.0 Å². The minimum atomic E-state index is -3.50. The molecule has 1 aromatic rings. The first-order chi connectivity index (χ1) is 9.01. The number of sulfonamides is 1. The second kappa shape index (κ2) is 7.62. The molecule has 1 aromatic carbocycles. The van der Waals surface area contributed by atoms with Crippen LogP contribution in [-0.2, 0) is 10.0 Å². The first-order valence-corrected chi connectivity index (χ1v) is 8.95. The first-order valence-electron chi connectivity index (χ1n) is 6.07. The van der Waals surface area contributed by atoms with E-state index in [4.69, 9.17) is 5.73 Å². The highest BCUT2D eigenvalue weighted by Gasteiger charge is 2.16. The van der Waals surface area contributed by atoms with Gasteiger partial charge < -0.3 is 11.1 Å². The van der Waals surface area contributed by atoms with Crippen molar-refractivity contribution in [2.75, 3.05) is 36.7 Å². The third kappa shape index (κ3) is 4.93. The number of thioether (sulfide) groups is 1. The van der Waals surface area contributed by atoms with Gasteiger partial charge in [-0.25, -0.2) is 13.1 Å². The van der Waals surface area contributed by atoms with Crippen LogP contribution in [0, 0.1) is 0 Å². The number of rotatable bonds is 8. The Morgan fingerprint density at radius 2 is 2.05 bits per heavy atom. The second-order valence-corrected chi connectivity index (χ2v) is 6.93. The zero-order chi connectivity index (χ0) is 14.3. The van der Waals surface area contributed by atoms with Crippen molar-refractivity contribution in [1.29, 1.82) is 0 Å². The van der Waals surface area contributed by atoms with Crippen LogP contribution in [0.15, 0.2) is 23.1 Å². The molecule has 0 aromatic heterocycles. The highest BCUT2D eigenvalue weighted by Crippen LogP contribution is 2.23. The van der Waals surface area contributed by atoms with Gasteiger partial charge in [0.25, 0.3) is 0 Å². The zero-order valence-corrected chi connectivity index (χ0v) is 12.9. The molecule has 5 nitrogen and oxygen atoms in total. The Morgan fingerprint density at radius 3 is 2.68 bits per heavy atom. The molecule has 1 rings (SSSR count). The molecule has 108 valence electrons. The van der Waals surface area contributed by atoms with Gasteiger partial charge in [-0.05, 0) is 50.1 Å². The maximum atomic E-state index is 11.9. The van der Waals surface area contributed by atoms with Crippen LogP contribution in [0.4, 0.5) is 11.4 Å². The van der Waals surface area contributed by atoms with Gasteiger partial charge in [0.1, 0.15) is 4.90 Å². The predicted molar refractivity (Wildman–Crippen MR) is 83.2 cm³/mol. The van der Waals surface area contributed by atoms with E-state index in [1.54, 1.807) is 12.1 Å². The fourth-order valence-electron chi connectivity index (χ4n) is 1.61. The van der Waals surface area contributed by atoms with Crippen LogP contribution >= 0.6 is 11.8 Å². The van der Waals surface area contributed by atoms with E-state index in [9.17, 15) is 8.42 Å². The van der Waals surface area contributed by atoms with Crippen molar-refractivity contribution in [2.45, 2.75) is 17.7 Å². The molecule has 0 aliphatic rings. The monoisotopic (exact) mass is 303 g/mol. The number of nitrogen functional groups attached to an aromatic ring is 1. The van der Waals surface area contributed by atoms with Crippen LogP contribution in [0.2, 0.25) is 0 Å².